The number of rotatable bonds is 6. The van der Waals surface area contributed by atoms with Gasteiger partial charge in [0, 0.05) is 43.7 Å². The molecule has 0 N–H and O–H groups in total. The molecule has 1 heterocycles. The fourth-order valence-electron chi connectivity index (χ4n) is 3.20. The number of halogens is 1. The molecule has 2 aromatic rings. The van der Waals surface area contributed by atoms with Crippen molar-refractivity contribution in [3.63, 3.8) is 0 Å². The zero-order valence-corrected chi connectivity index (χ0v) is 17.1. The molecule has 0 aromatic heterocycles. The molecule has 2 aromatic carbocycles. The van der Waals surface area contributed by atoms with Crippen LogP contribution in [0.4, 0.5) is 5.69 Å². The molecule has 1 aliphatic rings. The van der Waals surface area contributed by atoms with E-state index in [4.69, 9.17) is 11.6 Å². The lowest BCUT2D eigenvalue weighted by molar-refractivity contribution is -0.387. The fourth-order valence-corrected chi connectivity index (χ4v) is 4.91. The third-order valence-corrected chi connectivity index (χ3v) is 7.01. The first-order valence-corrected chi connectivity index (χ1v) is 10.9. The van der Waals surface area contributed by atoms with Crippen LogP contribution < -0.4 is 0 Å². The van der Waals surface area contributed by atoms with Crippen LogP contribution in [0.25, 0.3) is 0 Å². The molecule has 0 unspecified atom stereocenters. The van der Waals surface area contributed by atoms with Crippen molar-refractivity contribution >= 4 is 33.2 Å². The van der Waals surface area contributed by atoms with E-state index in [1.54, 1.807) is 17.0 Å². The number of para-hydroxylation sites is 1. The Morgan fingerprint density at radius 1 is 1.03 bits per heavy atom. The van der Waals surface area contributed by atoms with Crippen LogP contribution in [-0.2, 0) is 21.2 Å². The Hall–Kier alpha value is -2.49. The molecule has 1 saturated heterocycles. The molecule has 1 aliphatic heterocycles. The van der Waals surface area contributed by atoms with Crippen molar-refractivity contribution in [3.05, 3.63) is 69.2 Å². The zero-order chi connectivity index (χ0) is 21.0. The Bertz CT molecular complexity index is 1000. The number of nitro benzene ring substituents is 1. The second-order valence-electron chi connectivity index (χ2n) is 6.64. The van der Waals surface area contributed by atoms with Gasteiger partial charge in [0.25, 0.3) is 5.69 Å². The normalized spacial score (nSPS) is 15.3. The number of nitrogens with zero attached hydrogens (tertiary/aromatic N) is 3. The van der Waals surface area contributed by atoms with Crippen molar-refractivity contribution in [2.24, 2.45) is 0 Å². The lowest BCUT2D eigenvalue weighted by Gasteiger charge is -2.34. The molecule has 0 aliphatic carbocycles. The SMILES string of the molecule is O=C(CCc1ccc(Cl)cc1)N1CCN(S(=O)(=O)c2ccccc2[N+](=O)[O-])CC1. The van der Waals surface area contributed by atoms with Crippen LogP contribution in [0.3, 0.4) is 0 Å². The number of hydrogen-bond donors (Lipinski definition) is 0. The smallest absolute Gasteiger partial charge is 0.289 e. The predicted molar refractivity (Wildman–Crippen MR) is 108 cm³/mol. The van der Waals surface area contributed by atoms with Crippen molar-refractivity contribution in [1.29, 1.82) is 0 Å². The maximum Gasteiger partial charge on any atom is 0.289 e. The van der Waals surface area contributed by atoms with Crippen LogP contribution in [0.1, 0.15) is 12.0 Å². The molecule has 8 nitrogen and oxygen atoms in total. The minimum atomic E-state index is -4.00. The van der Waals surface area contributed by atoms with E-state index >= 15 is 0 Å². The van der Waals surface area contributed by atoms with Gasteiger partial charge < -0.3 is 4.90 Å². The summed E-state index contributed by atoms with van der Waals surface area (Å²) in [5, 5.41) is 11.8. The van der Waals surface area contributed by atoms with Gasteiger partial charge in [-0.3, -0.25) is 14.9 Å². The fraction of sp³-hybridized carbons (Fsp3) is 0.316. The Morgan fingerprint density at radius 3 is 2.28 bits per heavy atom. The lowest BCUT2D eigenvalue weighted by Crippen LogP contribution is -2.50. The van der Waals surface area contributed by atoms with Gasteiger partial charge in [0.15, 0.2) is 4.90 Å². The Morgan fingerprint density at radius 2 is 1.66 bits per heavy atom. The van der Waals surface area contributed by atoms with E-state index in [1.165, 1.54) is 28.6 Å². The first-order valence-electron chi connectivity index (χ1n) is 9.05. The average Bonchev–Trinajstić information content (AvgIpc) is 2.73. The van der Waals surface area contributed by atoms with Gasteiger partial charge in [0.05, 0.1) is 4.92 Å². The van der Waals surface area contributed by atoms with Crippen LogP contribution in [0.2, 0.25) is 5.02 Å². The first-order chi connectivity index (χ1) is 13.8. The number of benzene rings is 2. The van der Waals surface area contributed by atoms with Crippen molar-refractivity contribution < 1.29 is 18.1 Å². The largest absolute Gasteiger partial charge is 0.340 e. The van der Waals surface area contributed by atoms with Gasteiger partial charge in [-0.15, -0.1) is 0 Å². The number of amides is 1. The van der Waals surface area contributed by atoms with Crippen molar-refractivity contribution in [2.75, 3.05) is 26.2 Å². The summed E-state index contributed by atoms with van der Waals surface area (Å²) >= 11 is 5.85. The molecule has 10 heteroatoms. The molecule has 3 rings (SSSR count). The lowest BCUT2D eigenvalue weighted by atomic mass is 10.1. The van der Waals surface area contributed by atoms with Gasteiger partial charge in [-0.05, 0) is 30.2 Å². The minimum Gasteiger partial charge on any atom is -0.340 e. The molecular weight excluding hydrogens is 418 g/mol. The number of carbonyl (C=O) groups is 1. The number of piperazine rings is 1. The van der Waals surface area contributed by atoms with Gasteiger partial charge in [-0.2, -0.15) is 4.31 Å². The highest BCUT2D eigenvalue weighted by Crippen LogP contribution is 2.27. The Kier molecular flexibility index (Phi) is 6.51. The predicted octanol–water partition coefficient (Wildman–Crippen LogP) is 2.71. The summed E-state index contributed by atoms with van der Waals surface area (Å²) in [6, 6.07) is 12.6. The summed E-state index contributed by atoms with van der Waals surface area (Å²) in [6.07, 6.45) is 0.892. The van der Waals surface area contributed by atoms with Gasteiger partial charge in [-0.1, -0.05) is 35.9 Å². The summed E-state index contributed by atoms with van der Waals surface area (Å²) in [6.45, 7) is 0.695. The summed E-state index contributed by atoms with van der Waals surface area (Å²) in [5.74, 6) is -0.0531. The van der Waals surface area contributed by atoms with Gasteiger partial charge >= 0.3 is 0 Å². The molecule has 1 fully saturated rings. The van der Waals surface area contributed by atoms with Crippen LogP contribution in [0.5, 0.6) is 0 Å². The quantitative estimate of drug-likeness (QED) is 0.510. The van der Waals surface area contributed by atoms with E-state index in [0.29, 0.717) is 17.9 Å². The van der Waals surface area contributed by atoms with E-state index in [-0.39, 0.29) is 37.0 Å². The van der Waals surface area contributed by atoms with E-state index in [9.17, 15) is 23.3 Å². The second-order valence-corrected chi connectivity index (χ2v) is 8.98. The molecule has 154 valence electrons. The van der Waals surface area contributed by atoms with Gasteiger partial charge in [-0.25, -0.2) is 8.42 Å². The highest BCUT2D eigenvalue weighted by atomic mass is 35.5. The summed E-state index contributed by atoms with van der Waals surface area (Å²) in [7, 11) is -4.00. The number of hydrogen-bond acceptors (Lipinski definition) is 5. The minimum absolute atomic E-state index is 0.0531. The molecular formula is C19H20ClN3O5S. The number of aryl methyl sites for hydroxylation is 1. The number of carbonyl (C=O) groups excluding carboxylic acids is 1. The van der Waals surface area contributed by atoms with Crippen molar-refractivity contribution in [2.45, 2.75) is 17.7 Å². The highest BCUT2D eigenvalue weighted by molar-refractivity contribution is 7.89. The van der Waals surface area contributed by atoms with E-state index in [0.717, 1.165) is 5.56 Å². The molecule has 0 saturated carbocycles. The molecule has 0 radical (unpaired) electrons. The zero-order valence-electron chi connectivity index (χ0n) is 15.5. The summed E-state index contributed by atoms with van der Waals surface area (Å²) < 4.78 is 26.9. The third-order valence-electron chi connectivity index (χ3n) is 4.81. The van der Waals surface area contributed by atoms with Crippen LogP contribution in [0, 0.1) is 10.1 Å². The van der Waals surface area contributed by atoms with Crippen LogP contribution in [0.15, 0.2) is 53.4 Å². The number of sulfonamides is 1. The van der Waals surface area contributed by atoms with E-state index in [2.05, 4.69) is 0 Å². The summed E-state index contributed by atoms with van der Waals surface area (Å²) in [5.41, 5.74) is 0.550. The molecule has 1 amide bonds. The maximum atomic E-state index is 12.8. The summed E-state index contributed by atoms with van der Waals surface area (Å²) in [4.78, 5) is 24.2. The van der Waals surface area contributed by atoms with Gasteiger partial charge in [0.1, 0.15) is 0 Å². The number of nitro groups is 1. The molecule has 0 bridgehead atoms. The maximum absolute atomic E-state index is 12.8. The molecule has 0 spiro atoms. The van der Waals surface area contributed by atoms with Crippen molar-refractivity contribution in [1.82, 2.24) is 9.21 Å². The van der Waals surface area contributed by atoms with E-state index < -0.39 is 20.6 Å². The Labute approximate surface area is 173 Å². The van der Waals surface area contributed by atoms with E-state index in [1.807, 2.05) is 12.1 Å². The molecule has 29 heavy (non-hydrogen) atoms. The standard InChI is InChI=1S/C19H20ClN3O5S/c20-16-8-5-15(6-9-16)7-10-19(24)21-11-13-22(14-12-21)29(27,28)18-4-2-1-3-17(18)23(25)26/h1-6,8-9H,7,10-14H2. The van der Waals surface area contributed by atoms with Crippen LogP contribution >= 0.6 is 11.6 Å². The molecule has 0 atom stereocenters. The highest BCUT2D eigenvalue weighted by Gasteiger charge is 2.34. The monoisotopic (exact) mass is 437 g/mol. The first kappa shape index (κ1) is 21.2. The second kappa shape index (κ2) is 8.89. The Balaban J connectivity index is 1.60. The average molecular weight is 438 g/mol. The topological polar surface area (TPSA) is 101 Å². The third kappa shape index (κ3) is 4.92. The van der Waals surface area contributed by atoms with Crippen molar-refractivity contribution in [3.8, 4) is 0 Å². The van der Waals surface area contributed by atoms with Gasteiger partial charge in [0.2, 0.25) is 15.9 Å². The van der Waals surface area contributed by atoms with Crippen LogP contribution in [-0.4, -0.2) is 54.6 Å².